The van der Waals surface area contributed by atoms with E-state index in [9.17, 15) is 0 Å². The van der Waals surface area contributed by atoms with Crippen molar-refractivity contribution in [2.75, 3.05) is 13.1 Å². The Kier molecular flexibility index (Phi) is 6.26. The maximum absolute atomic E-state index is 3.39. The molecule has 0 spiro atoms. The van der Waals surface area contributed by atoms with Crippen molar-refractivity contribution in [2.45, 2.75) is 58.3 Å². The molecule has 0 aromatic carbocycles. The third kappa shape index (κ3) is 5.30. The monoisotopic (exact) mass is 183 g/mol. The highest BCUT2D eigenvalue weighted by Gasteiger charge is 2.12. The van der Waals surface area contributed by atoms with Crippen LogP contribution in [0.4, 0.5) is 0 Å². The Balaban J connectivity index is 1.86. The lowest BCUT2D eigenvalue weighted by molar-refractivity contribution is 0.329. The van der Waals surface area contributed by atoms with Gasteiger partial charge in [0, 0.05) is 0 Å². The van der Waals surface area contributed by atoms with Gasteiger partial charge < -0.3 is 5.32 Å². The third-order valence-corrected chi connectivity index (χ3v) is 3.19. The zero-order valence-electron chi connectivity index (χ0n) is 9.15. The SMILES string of the molecule is CCNCCCCC1CCCCC1. The van der Waals surface area contributed by atoms with Crippen LogP contribution in [0.15, 0.2) is 0 Å². The molecule has 0 saturated heterocycles. The first-order chi connectivity index (χ1) is 6.43. The maximum Gasteiger partial charge on any atom is -0.00490 e. The fraction of sp³-hybridized carbons (Fsp3) is 1.00. The Labute approximate surface area is 83.3 Å². The molecule has 0 aromatic heterocycles. The second-order valence-corrected chi connectivity index (χ2v) is 4.35. The molecular weight excluding hydrogens is 158 g/mol. The first-order valence-electron chi connectivity index (χ1n) is 6.14. The van der Waals surface area contributed by atoms with Crippen molar-refractivity contribution in [3.05, 3.63) is 0 Å². The van der Waals surface area contributed by atoms with Crippen LogP contribution in [0.25, 0.3) is 0 Å². The summed E-state index contributed by atoms with van der Waals surface area (Å²) in [5.41, 5.74) is 0. The molecule has 0 aliphatic heterocycles. The first-order valence-corrected chi connectivity index (χ1v) is 6.14. The molecule has 0 radical (unpaired) electrons. The van der Waals surface area contributed by atoms with Crippen molar-refractivity contribution in [3.63, 3.8) is 0 Å². The molecule has 0 aromatic rings. The van der Waals surface area contributed by atoms with Gasteiger partial charge in [0.25, 0.3) is 0 Å². The van der Waals surface area contributed by atoms with Gasteiger partial charge in [-0.05, 0) is 25.4 Å². The molecule has 1 aliphatic rings. The minimum atomic E-state index is 1.08. The van der Waals surface area contributed by atoms with Crippen LogP contribution in [-0.4, -0.2) is 13.1 Å². The number of unbranched alkanes of at least 4 members (excludes halogenated alkanes) is 1. The largest absolute Gasteiger partial charge is 0.317 e. The lowest BCUT2D eigenvalue weighted by atomic mass is 9.86. The third-order valence-electron chi connectivity index (χ3n) is 3.19. The van der Waals surface area contributed by atoms with Gasteiger partial charge in [-0.2, -0.15) is 0 Å². The van der Waals surface area contributed by atoms with Crippen LogP contribution in [-0.2, 0) is 0 Å². The second kappa shape index (κ2) is 7.37. The molecule has 0 amide bonds. The topological polar surface area (TPSA) is 12.0 Å². The normalized spacial score (nSPS) is 19.2. The fourth-order valence-corrected chi connectivity index (χ4v) is 2.34. The van der Waals surface area contributed by atoms with E-state index in [0.717, 1.165) is 12.5 Å². The Hall–Kier alpha value is -0.0400. The van der Waals surface area contributed by atoms with E-state index in [1.807, 2.05) is 0 Å². The minimum Gasteiger partial charge on any atom is -0.317 e. The molecule has 1 nitrogen and oxygen atoms in total. The zero-order chi connectivity index (χ0) is 9.36. The fourth-order valence-electron chi connectivity index (χ4n) is 2.34. The predicted molar refractivity (Wildman–Crippen MR) is 59.0 cm³/mol. The highest BCUT2D eigenvalue weighted by Crippen LogP contribution is 2.27. The van der Waals surface area contributed by atoms with E-state index < -0.39 is 0 Å². The summed E-state index contributed by atoms with van der Waals surface area (Å²) in [5, 5.41) is 3.39. The van der Waals surface area contributed by atoms with Crippen LogP contribution in [0.3, 0.4) is 0 Å². The Bertz CT molecular complexity index is 106. The summed E-state index contributed by atoms with van der Waals surface area (Å²) in [7, 11) is 0. The summed E-state index contributed by atoms with van der Waals surface area (Å²) < 4.78 is 0. The molecule has 0 bridgehead atoms. The average molecular weight is 183 g/mol. The summed E-state index contributed by atoms with van der Waals surface area (Å²) in [6.45, 7) is 4.54. The maximum atomic E-state index is 3.39. The number of hydrogen-bond acceptors (Lipinski definition) is 1. The average Bonchev–Trinajstić information content (AvgIpc) is 2.19. The lowest BCUT2D eigenvalue weighted by Crippen LogP contribution is -2.14. The first kappa shape index (κ1) is 11.0. The number of nitrogens with one attached hydrogen (secondary N) is 1. The molecule has 1 fully saturated rings. The Morgan fingerprint density at radius 1 is 1.08 bits per heavy atom. The molecular formula is C12H25N. The Morgan fingerprint density at radius 2 is 1.85 bits per heavy atom. The van der Waals surface area contributed by atoms with Gasteiger partial charge in [-0.25, -0.2) is 0 Å². The quantitative estimate of drug-likeness (QED) is 0.623. The van der Waals surface area contributed by atoms with Crippen molar-refractivity contribution >= 4 is 0 Å². The van der Waals surface area contributed by atoms with E-state index in [1.54, 1.807) is 0 Å². The van der Waals surface area contributed by atoms with Gasteiger partial charge in [-0.3, -0.25) is 0 Å². The lowest BCUT2D eigenvalue weighted by Gasteiger charge is -2.21. The molecule has 78 valence electrons. The van der Waals surface area contributed by atoms with Crippen LogP contribution in [0, 0.1) is 5.92 Å². The molecule has 1 saturated carbocycles. The van der Waals surface area contributed by atoms with E-state index in [2.05, 4.69) is 12.2 Å². The molecule has 1 N–H and O–H groups in total. The van der Waals surface area contributed by atoms with Crippen LogP contribution in [0.1, 0.15) is 58.3 Å². The van der Waals surface area contributed by atoms with Crippen LogP contribution < -0.4 is 5.32 Å². The van der Waals surface area contributed by atoms with Gasteiger partial charge >= 0.3 is 0 Å². The van der Waals surface area contributed by atoms with Crippen LogP contribution >= 0.6 is 0 Å². The number of hydrogen-bond donors (Lipinski definition) is 1. The molecule has 13 heavy (non-hydrogen) atoms. The summed E-state index contributed by atoms with van der Waals surface area (Å²) in [4.78, 5) is 0. The number of rotatable bonds is 6. The Morgan fingerprint density at radius 3 is 2.54 bits per heavy atom. The van der Waals surface area contributed by atoms with Crippen molar-refractivity contribution in [1.29, 1.82) is 0 Å². The van der Waals surface area contributed by atoms with Crippen LogP contribution in [0.5, 0.6) is 0 Å². The molecule has 0 unspecified atom stereocenters. The highest BCUT2D eigenvalue weighted by molar-refractivity contribution is 4.65. The van der Waals surface area contributed by atoms with Crippen molar-refractivity contribution in [1.82, 2.24) is 5.32 Å². The highest BCUT2D eigenvalue weighted by atomic mass is 14.8. The zero-order valence-corrected chi connectivity index (χ0v) is 9.15. The molecule has 0 heterocycles. The van der Waals surface area contributed by atoms with E-state index in [0.29, 0.717) is 0 Å². The van der Waals surface area contributed by atoms with E-state index in [-0.39, 0.29) is 0 Å². The van der Waals surface area contributed by atoms with Gasteiger partial charge in [0.15, 0.2) is 0 Å². The van der Waals surface area contributed by atoms with Gasteiger partial charge in [0.2, 0.25) is 0 Å². The van der Waals surface area contributed by atoms with Crippen molar-refractivity contribution in [2.24, 2.45) is 5.92 Å². The predicted octanol–water partition coefficient (Wildman–Crippen LogP) is 3.35. The van der Waals surface area contributed by atoms with Gasteiger partial charge in [-0.15, -0.1) is 0 Å². The van der Waals surface area contributed by atoms with Crippen molar-refractivity contribution in [3.8, 4) is 0 Å². The van der Waals surface area contributed by atoms with Gasteiger partial charge in [-0.1, -0.05) is 51.9 Å². The van der Waals surface area contributed by atoms with Crippen molar-refractivity contribution < 1.29 is 0 Å². The van der Waals surface area contributed by atoms with E-state index in [4.69, 9.17) is 0 Å². The van der Waals surface area contributed by atoms with Gasteiger partial charge in [0.05, 0.1) is 0 Å². The smallest absolute Gasteiger partial charge is 0.00490 e. The molecule has 1 heteroatoms. The van der Waals surface area contributed by atoms with Crippen LogP contribution in [0.2, 0.25) is 0 Å². The molecule has 1 aliphatic carbocycles. The summed E-state index contributed by atoms with van der Waals surface area (Å²) in [6, 6.07) is 0. The standard InChI is InChI=1S/C12H25N/c1-2-13-11-7-6-10-12-8-4-3-5-9-12/h12-13H,2-11H2,1H3. The summed E-state index contributed by atoms with van der Waals surface area (Å²) in [5.74, 6) is 1.08. The van der Waals surface area contributed by atoms with E-state index >= 15 is 0 Å². The molecule has 1 rings (SSSR count). The second-order valence-electron chi connectivity index (χ2n) is 4.35. The van der Waals surface area contributed by atoms with E-state index in [1.165, 1.54) is 57.9 Å². The summed E-state index contributed by atoms with van der Waals surface area (Å²) in [6.07, 6.45) is 11.8. The minimum absolute atomic E-state index is 1.08. The molecule has 0 atom stereocenters. The van der Waals surface area contributed by atoms with Gasteiger partial charge in [0.1, 0.15) is 0 Å². The summed E-state index contributed by atoms with van der Waals surface area (Å²) >= 11 is 0.